The average molecular weight is 341 g/mol. The molecule has 2 rings (SSSR count). The first-order valence-electron chi connectivity index (χ1n) is 7.60. The zero-order valence-corrected chi connectivity index (χ0v) is 14.2. The molecule has 8 heteroatoms. The largest absolute Gasteiger partial charge is 0.378 e. The molecule has 1 aliphatic heterocycles. The van der Waals surface area contributed by atoms with Gasteiger partial charge in [0.05, 0.1) is 13.2 Å². The molecule has 0 bridgehead atoms. The van der Waals surface area contributed by atoms with Gasteiger partial charge in [0.1, 0.15) is 6.04 Å². The fraction of sp³-hybridized carbons (Fsp3) is 0.533. The van der Waals surface area contributed by atoms with Crippen LogP contribution >= 0.6 is 0 Å². The Bertz CT molecular complexity index is 613. The predicted octanol–water partition coefficient (Wildman–Crippen LogP) is 0.419. The molecular formula is C15H23N3O4S. The first kappa shape index (κ1) is 17.9. The molecule has 0 aromatic heterocycles. The Morgan fingerprint density at radius 1 is 1.13 bits per heavy atom. The zero-order chi connectivity index (χ0) is 16.9. The van der Waals surface area contributed by atoms with Gasteiger partial charge in [-0.1, -0.05) is 30.3 Å². The lowest BCUT2D eigenvalue weighted by molar-refractivity contribution is -0.137. The molecule has 128 valence electrons. The molecule has 7 nitrogen and oxygen atoms in total. The van der Waals surface area contributed by atoms with E-state index in [4.69, 9.17) is 4.74 Å². The maximum absolute atomic E-state index is 12.8. The standard InChI is InChI=1S/C15H23N3O4S/c1-12(2)16-23(20,21)17-14(13-6-4-3-5-7-13)15(19)18-8-10-22-11-9-18/h3-7,12,14,16-17H,8-11H2,1-2H3. The second kappa shape index (κ2) is 7.87. The van der Waals surface area contributed by atoms with Crippen molar-refractivity contribution in [2.75, 3.05) is 26.3 Å². The molecule has 1 saturated heterocycles. The third-order valence-corrected chi connectivity index (χ3v) is 4.69. The summed E-state index contributed by atoms with van der Waals surface area (Å²) in [6, 6.07) is 7.63. The molecular weight excluding hydrogens is 318 g/mol. The smallest absolute Gasteiger partial charge is 0.278 e. The summed E-state index contributed by atoms with van der Waals surface area (Å²) >= 11 is 0. The molecule has 1 unspecified atom stereocenters. The lowest BCUT2D eigenvalue weighted by Gasteiger charge is -2.31. The highest BCUT2D eigenvalue weighted by Gasteiger charge is 2.30. The normalized spacial score (nSPS) is 17.3. The topological polar surface area (TPSA) is 87.7 Å². The van der Waals surface area contributed by atoms with Gasteiger partial charge < -0.3 is 9.64 Å². The van der Waals surface area contributed by atoms with Crippen LogP contribution in [-0.4, -0.2) is 51.6 Å². The number of hydrogen-bond donors (Lipinski definition) is 2. The summed E-state index contributed by atoms with van der Waals surface area (Å²) in [4.78, 5) is 14.4. The number of rotatable bonds is 6. The van der Waals surface area contributed by atoms with Crippen molar-refractivity contribution in [1.82, 2.24) is 14.3 Å². The van der Waals surface area contributed by atoms with Crippen molar-refractivity contribution < 1.29 is 17.9 Å². The van der Waals surface area contributed by atoms with E-state index in [-0.39, 0.29) is 11.9 Å². The Morgan fingerprint density at radius 2 is 1.74 bits per heavy atom. The van der Waals surface area contributed by atoms with Gasteiger partial charge in [-0.25, -0.2) is 0 Å². The van der Waals surface area contributed by atoms with Crippen molar-refractivity contribution in [3.63, 3.8) is 0 Å². The molecule has 1 aromatic carbocycles. The Kier molecular flexibility index (Phi) is 6.11. The Labute approximate surface area is 137 Å². The fourth-order valence-electron chi connectivity index (χ4n) is 2.37. The molecule has 0 saturated carbocycles. The maximum Gasteiger partial charge on any atom is 0.278 e. The summed E-state index contributed by atoms with van der Waals surface area (Å²) in [6.45, 7) is 5.29. The van der Waals surface area contributed by atoms with Gasteiger partial charge in [0.25, 0.3) is 10.2 Å². The summed E-state index contributed by atoms with van der Waals surface area (Å²) in [6.07, 6.45) is 0. The van der Waals surface area contributed by atoms with E-state index >= 15 is 0 Å². The third kappa shape index (κ3) is 5.28. The lowest BCUT2D eigenvalue weighted by Crippen LogP contribution is -2.50. The number of hydrogen-bond acceptors (Lipinski definition) is 4. The van der Waals surface area contributed by atoms with E-state index in [1.807, 2.05) is 6.07 Å². The second-order valence-corrected chi connectivity index (χ2v) is 7.15. The lowest BCUT2D eigenvalue weighted by atomic mass is 10.1. The van der Waals surface area contributed by atoms with Crippen LogP contribution in [0.25, 0.3) is 0 Å². The van der Waals surface area contributed by atoms with Crippen molar-refractivity contribution in [2.24, 2.45) is 0 Å². The third-order valence-electron chi connectivity index (χ3n) is 3.37. The van der Waals surface area contributed by atoms with Gasteiger partial charge in [-0.05, 0) is 19.4 Å². The van der Waals surface area contributed by atoms with E-state index in [0.717, 1.165) is 0 Å². The quantitative estimate of drug-likeness (QED) is 0.785. The number of ether oxygens (including phenoxy) is 1. The molecule has 1 aliphatic rings. The average Bonchev–Trinajstić information content (AvgIpc) is 2.52. The van der Waals surface area contributed by atoms with Crippen LogP contribution < -0.4 is 9.44 Å². The first-order valence-corrected chi connectivity index (χ1v) is 9.08. The van der Waals surface area contributed by atoms with E-state index in [9.17, 15) is 13.2 Å². The highest BCUT2D eigenvalue weighted by molar-refractivity contribution is 7.87. The van der Waals surface area contributed by atoms with Crippen molar-refractivity contribution in [3.8, 4) is 0 Å². The van der Waals surface area contributed by atoms with E-state index < -0.39 is 16.3 Å². The summed E-state index contributed by atoms with van der Waals surface area (Å²) in [5, 5.41) is 0. The molecule has 1 aromatic rings. The van der Waals surface area contributed by atoms with Crippen LogP contribution in [0.15, 0.2) is 30.3 Å². The minimum atomic E-state index is -3.79. The molecule has 0 spiro atoms. The molecule has 1 atom stereocenters. The zero-order valence-electron chi connectivity index (χ0n) is 13.4. The fourth-order valence-corrected chi connectivity index (χ4v) is 3.61. The summed E-state index contributed by atoms with van der Waals surface area (Å²) in [7, 11) is -3.79. The van der Waals surface area contributed by atoms with Crippen LogP contribution in [0.5, 0.6) is 0 Å². The molecule has 1 amide bonds. The Morgan fingerprint density at radius 3 is 2.30 bits per heavy atom. The number of amides is 1. The van der Waals surface area contributed by atoms with Crippen LogP contribution in [0.3, 0.4) is 0 Å². The van der Waals surface area contributed by atoms with Crippen LogP contribution in [0, 0.1) is 0 Å². The molecule has 2 N–H and O–H groups in total. The summed E-state index contributed by atoms with van der Waals surface area (Å²) in [5.74, 6) is -0.270. The van der Waals surface area contributed by atoms with Gasteiger partial charge in [-0.2, -0.15) is 17.9 Å². The SMILES string of the molecule is CC(C)NS(=O)(=O)NC(C(=O)N1CCOCC1)c1ccccc1. The number of morpholine rings is 1. The van der Waals surface area contributed by atoms with Gasteiger partial charge in [-0.3, -0.25) is 4.79 Å². The van der Waals surface area contributed by atoms with Gasteiger partial charge in [0, 0.05) is 19.1 Å². The maximum atomic E-state index is 12.8. The van der Waals surface area contributed by atoms with E-state index in [0.29, 0.717) is 31.9 Å². The summed E-state index contributed by atoms with van der Waals surface area (Å²) in [5.41, 5.74) is 0.609. The molecule has 1 fully saturated rings. The first-order chi connectivity index (χ1) is 10.9. The number of nitrogens with zero attached hydrogens (tertiary/aromatic N) is 1. The predicted molar refractivity (Wildman–Crippen MR) is 86.9 cm³/mol. The van der Waals surface area contributed by atoms with E-state index in [1.165, 1.54) is 0 Å². The number of benzene rings is 1. The van der Waals surface area contributed by atoms with Crippen molar-refractivity contribution in [1.29, 1.82) is 0 Å². The number of nitrogens with one attached hydrogen (secondary N) is 2. The Balaban J connectivity index is 2.23. The van der Waals surface area contributed by atoms with E-state index in [2.05, 4.69) is 9.44 Å². The van der Waals surface area contributed by atoms with Crippen LogP contribution in [0.1, 0.15) is 25.5 Å². The van der Waals surface area contributed by atoms with E-state index in [1.54, 1.807) is 43.0 Å². The number of carbonyl (C=O) groups excluding carboxylic acids is 1. The molecule has 1 heterocycles. The highest BCUT2D eigenvalue weighted by atomic mass is 32.2. The minimum absolute atomic E-state index is 0.262. The summed E-state index contributed by atoms with van der Waals surface area (Å²) < 4.78 is 34.5. The second-order valence-electron chi connectivity index (χ2n) is 5.68. The number of carbonyl (C=O) groups is 1. The van der Waals surface area contributed by atoms with Gasteiger partial charge in [0.15, 0.2) is 0 Å². The molecule has 23 heavy (non-hydrogen) atoms. The Hall–Kier alpha value is -1.48. The van der Waals surface area contributed by atoms with Crippen molar-refractivity contribution in [3.05, 3.63) is 35.9 Å². The monoisotopic (exact) mass is 341 g/mol. The van der Waals surface area contributed by atoms with Crippen LogP contribution in [0.4, 0.5) is 0 Å². The molecule has 0 radical (unpaired) electrons. The van der Waals surface area contributed by atoms with Crippen molar-refractivity contribution in [2.45, 2.75) is 25.9 Å². The highest BCUT2D eigenvalue weighted by Crippen LogP contribution is 2.17. The van der Waals surface area contributed by atoms with Crippen LogP contribution in [0.2, 0.25) is 0 Å². The minimum Gasteiger partial charge on any atom is -0.378 e. The van der Waals surface area contributed by atoms with Gasteiger partial charge in [-0.15, -0.1) is 0 Å². The van der Waals surface area contributed by atoms with Gasteiger partial charge in [0.2, 0.25) is 5.91 Å². The molecule has 0 aliphatic carbocycles. The van der Waals surface area contributed by atoms with Crippen molar-refractivity contribution >= 4 is 16.1 Å². The van der Waals surface area contributed by atoms with Crippen LogP contribution in [-0.2, 0) is 19.7 Å². The van der Waals surface area contributed by atoms with Gasteiger partial charge >= 0.3 is 0 Å².